The molecule has 6 heteroatoms. The van der Waals surface area contributed by atoms with Gasteiger partial charge in [-0.25, -0.2) is 4.98 Å². The Morgan fingerprint density at radius 3 is 2.26 bits per heavy atom. The van der Waals surface area contributed by atoms with Crippen molar-refractivity contribution in [3.8, 4) is 11.5 Å². The number of nitrogens with zero attached hydrogens (tertiary/aromatic N) is 3. The van der Waals surface area contributed by atoms with E-state index in [1.807, 2.05) is 65.6 Å². The highest BCUT2D eigenvalue weighted by Crippen LogP contribution is 2.23. The van der Waals surface area contributed by atoms with Gasteiger partial charge in [-0.1, -0.05) is 60.7 Å². The standard InChI is InChI=1S/C29H29N3O3/c33-29(32-16-7-8-17-32)27-22-34-28(30-27)21-31(19-23-10-3-1-4-11-23)20-24-12-9-15-26(18-24)35-25-13-5-2-6-14-25/h1-6,9-15,18,22H,7-8,16-17,19-21H2. The lowest BCUT2D eigenvalue weighted by Crippen LogP contribution is -2.28. The molecule has 1 amide bonds. The molecule has 1 aromatic heterocycles. The minimum Gasteiger partial charge on any atom is -0.457 e. The topological polar surface area (TPSA) is 58.8 Å². The predicted molar refractivity (Wildman–Crippen MR) is 134 cm³/mol. The first-order valence-corrected chi connectivity index (χ1v) is 12.0. The lowest BCUT2D eigenvalue weighted by atomic mass is 10.1. The van der Waals surface area contributed by atoms with Gasteiger partial charge < -0.3 is 14.1 Å². The van der Waals surface area contributed by atoms with Gasteiger partial charge in [0.25, 0.3) is 5.91 Å². The van der Waals surface area contributed by atoms with Gasteiger partial charge in [0.15, 0.2) is 5.69 Å². The smallest absolute Gasteiger partial charge is 0.275 e. The molecule has 3 aromatic carbocycles. The summed E-state index contributed by atoms with van der Waals surface area (Å²) in [4.78, 5) is 21.3. The van der Waals surface area contributed by atoms with Crippen LogP contribution in [-0.4, -0.2) is 33.8 Å². The maximum atomic E-state index is 12.7. The highest BCUT2D eigenvalue weighted by molar-refractivity contribution is 5.92. The van der Waals surface area contributed by atoms with Crippen LogP contribution in [0.4, 0.5) is 0 Å². The van der Waals surface area contributed by atoms with Crippen molar-refractivity contribution in [2.45, 2.75) is 32.5 Å². The summed E-state index contributed by atoms with van der Waals surface area (Å²) >= 11 is 0. The minimum absolute atomic E-state index is 0.0436. The summed E-state index contributed by atoms with van der Waals surface area (Å²) in [6.07, 6.45) is 3.59. The van der Waals surface area contributed by atoms with Crippen molar-refractivity contribution >= 4 is 5.91 Å². The van der Waals surface area contributed by atoms with Gasteiger partial charge >= 0.3 is 0 Å². The normalized spacial score (nSPS) is 13.3. The second-order valence-corrected chi connectivity index (χ2v) is 8.82. The van der Waals surface area contributed by atoms with Crippen LogP contribution in [0.2, 0.25) is 0 Å². The number of carbonyl (C=O) groups is 1. The van der Waals surface area contributed by atoms with Crippen LogP contribution in [0.1, 0.15) is 40.3 Å². The SMILES string of the molecule is O=C(c1coc(CN(Cc2ccccc2)Cc2cccc(Oc3ccccc3)c2)n1)N1CCCC1. The maximum Gasteiger partial charge on any atom is 0.275 e. The number of amides is 1. The van der Waals surface area contributed by atoms with Crippen LogP contribution in [0.25, 0.3) is 0 Å². The van der Waals surface area contributed by atoms with E-state index in [4.69, 9.17) is 9.15 Å². The van der Waals surface area contributed by atoms with E-state index in [9.17, 15) is 4.79 Å². The molecule has 6 nitrogen and oxygen atoms in total. The highest BCUT2D eigenvalue weighted by Gasteiger charge is 2.23. The fourth-order valence-electron chi connectivity index (χ4n) is 4.35. The second-order valence-electron chi connectivity index (χ2n) is 8.82. The number of para-hydroxylation sites is 1. The fraction of sp³-hybridized carbons (Fsp3) is 0.241. The number of likely N-dealkylation sites (tertiary alicyclic amines) is 1. The van der Waals surface area contributed by atoms with Gasteiger partial charge in [0.2, 0.25) is 5.89 Å². The van der Waals surface area contributed by atoms with Crippen molar-refractivity contribution in [3.63, 3.8) is 0 Å². The van der Waals surface area contributed by atoms with Crippen molar-refractivity contribution in [2.75, 3.05) is 13.1 Å². The van der Waals surface area contributed by atoms with Gasteiger partial charge in [-0.15, -0.1) is 0 Å². The Bertz CT molecular complexity index is 1230. The van der Waals surface area contributed by atoms with Crippen molar-refractivity contribution in [1.29, 1.82) is 0 Å². The van der Waals surface area contributed by atoms with Gasteiger partial charge in [-0.2, -0.15) is 0 Å². The van der Waals surface area contributed by atoms with Gasteiger partial charge in [-0.05, 0) is 48.2 Å². The summed E-state index contributed by atoms with van der Waals surface area (Å²) in [7, 11) is 0. The summed E-state index contributed by atoms with van der Waals surface area (Å²) in [5.41, 5.74) is 2.71. The van der Waals surface area contributed by atoms with E-state index in [0.717, 1.165) is 49.5 Å². The molecule has 5 rings (SSSR count). The summed E-state index contributed by atoms with van der Waals surface area (Å²) in [5.74, 6) is 2.10. The van der Waals surface area contributed by atoms with Crippen molar-refractivity contribution in [1.82, 2.24) is 14.8 Å². The van der Waals surface area contributed by atoms with Gasteiger partial charge in [-0.3, -0.25) is 9.69 Å². The third-order valence-electron chi connectivity index (χ3n) is 6.06. The molecule has 1 aliphatic rings. The van der Waals surface area contributed by atoms with Crippen LogP contribution in [-0.2, 0) is 19.6 Å². The Kier molecular flexibility index (Phi) is 7.20. The highest BCUT2D eigenvalue weighted by atomic mass is 16.5. The molecule has 0 saturated carbocycles. The summed E-state index contributed by atoms with van der Waals surface area (Å²) in [6, 6.07) is 28.2. The van der Waals surface area contributed by atoms with Crippen molar-refractivity contribution < 1.29 is 13.9 Å². The molecule has 4 aromatic rings. The predicted octanol–water partition coefficient (Wildman–Crippen LogP) is 5.91. The zero-order valence-electron chi connectivity index (χ0n) is 19.7. The van der Waals surface area contributed by atoms with Crippen LogP contribution < -0.4 is 4.74 Å². The van der Waals surface area contributed by atoms with Crippen LogP contribution in [0.3, 0.4) is 0 Å². The molecular weight excluding hydrogens is 438 g/mol. The largest absolute Gasteiger partial charge is 0.457 e. The fourth-order valence-corrected chi connectivity index (χ4v) is 4.35. The monoisotopic (exact) mass is 467 g/mol. The first-order valence-electron chi connectivity index (χ1n) is 12.0. The molecule has 0 spiro atoms. The minimum atomic E-state index is -0.0436. The third-order valence-corrected chi connectivity index (χ3v) is 6.06. The molecule has 0 unspecified atom stereocenters. The number of hydrogen-bond acceptors (Lipinski definition) is 5. The summed E-state index contributed by atoms with van der Waals surface area (Å²) in [5, 5.41) is 0. The van der Waals surface area contributed by atoms with E-state index < -0.39 is 0 Å². The zero-order chi connectivity index (χ0) is 23.9. The van der Waals surface area contributed by atoms with E-state index in [1.165, 1.54) is 11.8 Å². The number of oxazole rings is 1. The van der Waals surface area contributed by atoms with Crippen LogP contribution in [0.15, 0.2) is 95.6 Å². The van der Waals surface area contributed by atoms with Crippen molar-refractivity contribution in [3.05, 3.63) is 114 Å². The first kappa shape index (κ1) is 22.9. The van der Waals surface area contributed by atoms with E-state index in [0.29, 0.717) is 24.7 Å². The van der Waals surface area contributed by atoms with Crippen LogP contribution >= 0.6 is 0 Å². The molecular formula is C29H29N3O3. The Labute approximate surface area is 205 Å². The molecule has 1 fully saturated rings. The number of aromatic nitrogens is 1. The number of benzene rings is 3. The Morgan fingerprint density at radius 2 is 1.49 bits per heavy atom. The number of rotatable bonds is 9. The van der Waals surface area contributed by atoms with E-state index >= 15 is 0 Å². The van der Waals surface area contributed by atoms with Gasteiger partial charge in [0, 0.05) is 26.2 Å². The summed E-state index contributed by atoms with van der Waals surface area (Å²) < 4.78 is 11.8. The van der Waals surface area contributed by atoms with E-state index in [1.54, 1.807) is 0 Å². The van der Waals surface area contributed by atoms with Crippen LogP contribution in [0, 0.1) is 0 Å². The second kappa shape index (κ2) is 11.0. The molecule has 1 aliphatic heterocycles. The number of hydrogen-bond donors (Lipinski definition) is 0. The zero-order valence-corrected chi connectivity index (χ0v) is 19.7. The maximum absolute atomic E-state index is 12.7. The summed E-state index contributed by atoms with van der Waals surface area (Å²) in [6.45, 7) is 3.48. The lowest BCUT2D eigenvalue weighted by Gasteiger charge is -2.21. The molecule has 2 heterocycles. The molecule has 178 valence electrons. The molecule has 0 radical (unpaired) electrons. The Hall–Kier alpha value is -3.90. The molecule has 0 aliphatic carbocycles. The molecule has 0 atom stereocenters. The third kappa shape index (κ3) is 6.16. The first-order chi connectivity index (χ1) is 17.2. The van der Waals surface area contributed by atoms with E-state index in [2.05, 4.69) is 34.1 Å². The number of ether oxygens (including phenoxy) is 1. The number of carbonyl (C=O) groups excluding carboxylic acids is 1. The molecule has 0 N–H and O–H groups in total. The molecule has 0 bridgehead atoms. The van der Waals surface area contributed by atoms with E-state index in [-0.39, 0.29) is 5.91 Å². The van der Waals surface area contributed by atoms with Crippen molar-refractivity contribution in [2.24, 2.45) is 0 Å². The molecule has 1 saturated heterocycles. The van der Waals surface area contributed by atoms with Gasteiger partial charge in [0.1, 0.15) is 17.8 Å². The lowest BCUT2D eigenvalue weighted by molar-refractivity contribution is 0.0787. The Morgan fingerprint density at radius 1 is 0.829 bits per heavy atom. The average Bonchev–Trinajstić information content (AvgIpc) is 3.58. The average molecular weight is 468 g/mol. The Balaban J connectivity index is 1.31. The van der Waals surface area contributed by atoms with Gasteiger partial charge in [0.05, 0.1) is 6.54 Å². The molecule has 35 heavy (non-hydrogen) atoms. The quantitative estimate of drug-likeness (QED) is 0.306. The van der Waals surface area contributed by atoms with Crippen LogP contribution in [0.5, 0.6) is 11.5 Å².